The van der Waals surface area contributed by atoms with E-state index in [2.05, 4.69) is 11.5 Å². The van der Waals surface area contributed by atoms with Crippen LogP contribution < -0.4 is 0 Å². The maximum absolute atomic E-state index is 13.8. The molecule has 1 nitrogen and oxygen atoms in total. The molecule has 0 bridgehead atoms. The van der Waals surface area contributed by atoms with Crippen molar-refractivity contribution in [3.05, 3.63) is 41.7 Å². The monoisotopic (exact) mass is 219 g/mol. The van der Waals surface area contributed by atoms with Crippen LogP contribution >= 0.6 is 0 Å². The van der Waals surface area contributed by atoms with E-state index in [1.54, 1.807) is 6.07 Å². The van der Waals surface area contributed by atoms with Crippen molar-refractivity contribution in [3.8, 4) is 0 Å². The minimum absolute atomic E-state index is 0.157. The molecule has 0 atom stereocenters. The lowest BCUT2D eigenvalue weighted by Crippen LogP contribution is -2.28. The van der Waals surface area contributed by atoms with Crippen LogP contribution in [0, 0.1) is 12.7 Å². The summed E-state index contributed by atoms with van der Waals surface area (Å²) in [6.07, 6.45) is 3.65. The van der Waals surface area contributed by atoms with E-state index in [-0.39, 0.29) is 5.82 Å². The quantitative estimate of drug-likeness (QED) is 0.734. The summed E-state index contributed by atoms with van der Waals surface area (Å²) in [4.78, 5) is 2.20. The Bertz CT molecular complexity index is 371. The van der Waals surface area contributed by atoms with Gasteiger partial charge in [-0.1, -0.05) is 18.7 Å². The summed E-state index contributed by atoms with van der Waals surface area (Å²) in [5.74, 6) is -0.157. The minimum atomic E-state index is -0.157. The third-order valence-corrected chi connectivity index (χ3v) is 3.25. The van der Waals surface area contributed by atoms with Gasteiger partial charge in [-0.05, 0) is 37.8 Å². The number of piperidine rings is 1. The van der Waals surface area contributed by atoms with Crippen molar-refractivity contribution in [2.45, 2.75) is 26.2 Å². The molecule has 0 aliphatic carbocycles. The second-order valence-corrected chi connectivity index (χ2v) is 4.43. The van der Waals surface area contributed by atoms with E-state index in [0.717, 1.165) is 24.4 Å². The van der Waals surface area contributed by atoms with E-state index in [4.69, 9.17) is 0 Å². The maximum Gasteiger partial charge on any atom is 0.132 e. The minimum Gasteiger partial charge on any atom is -0.371 e. The molecule has 1 saturated heterocycles. The third-order valence-electron chi connectivity index (χ3n) is 3.25. The van der Waals surface area contributed by atoms with Crippen molar-refractivity contribution in [1.82, 2.24) is 4.90 Å². The van der Waals surface area contributed by atoms with E-state index < -0.39 is 0 Å². The Kier molecular flexibility index (Phi) is 3.28. The lowest BCUT2D eigenvalue weighted by Gasteiger charge is -2.31. The smallest absolute Gasteiger partial charge is 0.132 e. The van der Waals surface area contributed by atoms with Gasteiger partial charge >= 0.3 is 0 Å². The highest BCUT2D eigenvalue weighted by molar-refractivity contribution is 5.65. The first-order valence-corrected chi connectivity index (χ1v) is 5.89. The highest BCUT2D eigenvalue weighted by Crippen LogP contribution is 2.26. The fourth-order valence-corrected chi connectivity index (χ4v) is 2.32. The van der Waals surface area contributed by atoms with Crippen LogP contribution in [0.15, 0.2) is 24.8 Å². The Labute approximate surface area is 96.6 Å². The number of hydrogen-bond acceptors (Lipinski definition) is 1. The molecule has 0 aromatic heterocycles. The van der Waals surface area contributed by atoms with Crippen LogP contribution in [0.4, 0.5) is 4.39 Å². The standard InChI is InChI=1S/C14H18FN/c1-11-7-6-8-13(15)14(11)12(2)16-9-4-3-5-10-16/h6-8H,2-5,9-10H2,1H3. The normalized spacial score (nSPS) is 16.2. The van der Waals surface area contributed by atoms with E-state index >= 15 is 0 Å². The molecule has 0 N–H and O–H groups in total. The Morgan fingerprint density at radius 2 is 1.94 bits per heavy atom. The van der Waals surface area contributed by atoms with Gasteiger partial charge in [0.1, 0.15) is 5.82 Å². The average molecular weight is 219 g/mol. The molecule has 2 heteroatoms. The third kappa shape index (κ3) is 2.11. The Morgan fingerprint density at radius 3 is 2.56 bits per heavy atom. The summed E-state index contributed by atoms with van der Waals surface area (Å²) < 4.78 is 13.8. The van der Waals surface area contributed by atoms with Gasteiger partial charge in [0.2, 0.25) is 0 Å². The second-order valence-electron chi connectivity index (χ2n) is 4.43. The Morgan fingerprint density at radius 1 is 1.25 bits per heavy atom. The molecule has 1 fully saturated rings. The van der Waals surface area contributed by atoms with Gasteiger partial charge in [0.15, 0.2) is 0 Å². The van der Waals surface area contributed by atoms with Gasteiger partial charge in [0.25, 0.3) is 0 Å². The fourth-order valence-electron chi connectivity index (χ4n) is 2.32. The summed E-state index contributed by atoms with van der Waals surface area (Å²) in [6.45, 7) is 8.01. The zero-order valence-corrected chi connectivity index (χ0v) is 9.80. The van der Waals surface area contributed by atoms with Crippen LogP contribution in [-0.2, 0) is 0 Å². The van der Waals surface area contributed by atoms with Crippen molar-refractivity contribution in [2.24, 2.45) is 0 Å². The van der Waals surface area contributed by atoms with Crippen LogP contribution in [-0.4, -0.2) is 18.0 Å². The Balaban J connectivity index is 2.26. The summed E-state index contributed by atoms with van der Waals surface area (Å²) in [7, 11) is 0. The molecule has 1 aliphatic rings. The first-order chi connectivity index (χ1) is 7.70. The van der Waals surface area contributed by atoms with E-state index in [9.17, 15) is 4.39 Å². The molecule has 0 saturated carbocycles. The number of benzene rings is 1. The first kappa shape index (κ1) is 11.2. The number of aryl methyl sites for hydroxylation is 1. The van der Waals surface area contributed by atoms with Crippen LogP contribution in [0.1, 0.15) is 30.4 Å². The van der Waals surface area contributed by atoms with Crippen LogP contribution in [0.5, 0.6) is 0 Å². The molecule has 0 spiro atoms. The summed E-state index contributed by atoms with van der Waals surface area (Å²) in [5.41, 5.74) is 2.50. The predicted octanol–water partition coefficient (Wildman–Crippen LogP) is 3.59. The summed E-state index contributed by atoms with van der Waals surface area (Å²) in [5, 5.41) is 0. The van der Waals surface area contributed by atoms with Crippen molar-refractivity contribution in [3.63, 3.8) is 0 Å². The molecule has 86 valence electrons. The van der Waals surface area contributed by atoms with Crippen LogP contribution in [0.25, 0.3) is 5.70 Å². The molecule has 1 heterocycles. The van der Waals surface area contributed by atoms with Crippen LogP contribution in [0.2, 0.25) is 0 Å². The largest absolute Gasteiger partial charge is 0.371 e. The van der Waals surface area contributed by atoms with Crippen LogP contribution in [0.3, 0.4) is 0 Å². The van der Waals surface area contributed by atoms with Gasteiger partial charge < -0.3 is 4.90 Å². The Hall–Kier alpha value is -1.31. The lowest BCUT2D eigenvalue weighted by molar-refractivity contribution is 0.325. The highest BCUT2D eigenvalue weighted by Gasteiger charge is 2.17. The number of halogens is 1. The lowest BCUT2D eigenvalue weighted by atomic mass is 10.0. The molecule has 1 aromatic rings. The molecule has 0 unspecified atom stereocenters. The molecular formula is C14H18FN. The number of rotatable bonds is 2. The number of nitrogens with zero attached hydrogens (tertiary/aromatic N) is 1. The van der Waals surface area contributed by atoms with E-state index in [1.165, 1.54) is 25.3 Å². The van der Waals surface area contributed by atoms with Gasteiger partial charge in [-0.2, -0.15) is 0 Å². The first-order valence-electron chi connectivity index (χ1n) is 5.89. The maximum atomic E-state index is 13.8. The zero-order valence-electron chi connectivity index (χ0n) is 9.80. The van der Waals surface area contributed by atoms with Gasteiger partial charge in [-0.3, -0.25) is 0 Å². The number of likely N-dealkylation sites (tertiary alicyclic amines) is 1. The zero-order chi connectivity index (χ0) is 11.5. The summed E-state index contributed by atoms with van der Waals surface area (Å²) >= 11 is 0. The molecule has 2 rings (SSSR count). The average Bonchev–Trinajstić information content (AvgIpc) is 2.30. The molecule has 0 radical (unpaired) electrons. The van der Waals surface area contributed by atoms with Crippen molar-refractivity contribution in [2.75, 3.05) is 13.1 Å². The van der Waals surface area contributed by atoms with Gasteiger partial charge in [0, 0.05) is 24.4 Å². The SMILES string of the molecule is C=C(c1c(C)cccc1F)N1CCCCC1. The molecule has 0 amide bonds. The number of hydrogen-bond donors (Lipinski definition) is 0. The van der Waals surface area contributed by atoms with Gasteiger partial charge in [0.05, 0.1) is 0 Å². The second kappa shape index (κ2) is 4.69. The van der Waals surface area contributed by atoms with Crippen molar-refractivity contribution >= 4 is 5.70 Å². The predicted molar refractivity (Wildman–Crippen MR) is 65.6 cm³/mol. The highest BCUT2D eigenvalue weighted by atomic mass is 19.1. The van der Waals surface area contributed by atoms with Gasteiger partial charge in [-0.25, -0.2) is 4.39 Å². The topological polar surface area (TPSA) is 3.24 Å². The van der Waals surface area contributed by atoms with Gasteiger partial charge in [-0.15, -0.1) is 0 Å². The summed E-state index contributed by atoms with van der Waals surface area (Å²) in [6, 6.07) is 5.20. The van der Waals surface area contributed by atoms with Crippen molar-refractivity contribution < 1.29 is 4.39 Å². The molecule has 1 aliphatic heterocycles. The molecule has 1 aromatic carbocycles. The molecule has 16 heavy (non-hydrogen) atoms. The van der Waals surface area contributed by atoms with E-state index in [0.29, 0.717) is 5.56 Å². The van der Waals surface area contributed by atoms with Crippen molar-refractivity contribution in [1.29, 1.82) is 0 Å². The molecular weight excluding hydrogens is 201 g/mol. The fraction of sp³-hybridized carbons (Fsp3) is 0.429. The van der Waals surface area contributed by atoms with E-state index in [1.807, 2.05) is 13.0 Å².